The van der Waals surface area contributed by atoms with E-state index in [0.29, 0.717) is 22.7 Å². The largest absolute Gasteiger partial charge is 0.489 e. The molecule has 2 aromatic carbocycles. The number of nitrogens with one attached hydrogen (secondary N) is 1. The molecule has 0 saturated heterocycles. The minimum Gasteiger partial charge on any atom is -0.489 e. The van der Waals surface area contributed by atoms with Gasteiger partial charge in [-0.1, -0.05) is 58.0 Å². The number of hydrogen-bond donors (Lipinski definition) is 1. The zero-order valence-corrected chi connectivity index (χ0v) is 16.4. The molecule has 2 nitrogen and oxygen atoms in total. The molecule has 128 valence electrons. The van der Waals surface area contributed by atoms with Crippen molar-refractivity contribution in [2.24, 2.45) is 0 Å². The summed E-state index contributed by atoms with van der Waals surface area (Å²) in [5.74, 6) is 0.884. The van der Waals surface area contributed by atoms with E-state index >= 15 is 0 Å². The minimum atomic E-state index is 0.425. The molecular weight excluding hydrogens is 409 g/mol. The number of hydrogen-bond acceptors (Lipinski definition) is 2. The lowest BCUT2D eigenvalue weighted by atomic mass is 10.1. The van der Waals surface area contributed by atoms with E-state index in [9.17, 15) is 0 Å². The highest BCUT2D eigenvalue weighted by Crippen LogP contribution is 2.27. The summed E-state index contributed by atoms with van der Waals surface area (Å²) in [6.07, 6.45) is 5.19. The van der Waals surface area contributed by atoms with E-state index < -0.39 is 0 Å². The molecule has 1 N–H and O–H groups in total. The van der Waals surface area contributed by atoms with Crippen LogP contribution in [0, 0.1) is 0 Å². The molecule has 1 aliphatic rings. The van der Waals surface area contributed by atoms with Crippen LogP contribution in [0.2, 0.25) is 10.0 Å². The third-order valence-electron chi connectivity index (χ3n) is 4.36. The molecular formula is C19H20BrCl2NO. The average Bonchev–Trinajstić information content (AvgIpc) is 3.07. The SMILES string of the molecule is Clc1ccc(COc2ccc(Br)cc2CNC2CCCC2)c(Cl)c1. The first-order chi connectivity index (χ1) is 11.6. The zero-order valence-electron chi connectivity index (χ0n) is 13.3. The third kappa shape index (κ3) is 4.89. The number of benzene rings is 2. The first kappa shape index (κ1) is 18.1. The van der Waals surface area contributed by atoms with Crippen molar-refractivity contribution in [3.05, 3.63) is 62.0 Å². The Bertz CT molecular complexity index is 702. The van der Waals surface area contributed by atoms with E-state index in [1.165, 1.54) is 25.7 Å². The lowest BCUT2D eigenvalue weighted by Crippen LogP contribution is -2.25. The number of halogens is 3. The summed E-state index contributed by atoms with van der Waals surface area (Å²) in [4.78, 5) is 0. The molecule has 3 rings (SSSR count). The van der Waals surface area contributed by atoms with E-state index in [4.69, 9.17) is 27.9 Å². The first-order valence-electron chi connectivity index (χ1n) is 8.20. The molecule has 1 aliphatic carbocycles. The van der Waals surface area contributed by atoms with Crippen LogP contribution in [-0.4, -0.2) is 6.04 Å². The second-order valence-corrected chi connectivity index (χ2v) is 7.90. The molecule has 1 fully saturated rings. The first-order valence-corrected chi connectivity index (χ1v) is 9.75. The van der Waals surface area contributed by atoms with Gasteiger partial charge in [-0.2, -0.15) is 0 Å². The van der Waals surface area contributed by atoms with Gasteiger partial charge in [0.15, 0.2) is 0 Å². The molecule has 0 unspecified atom stereocenters. The van der Waals surface area contributed by atoms with Crippen molar-refractivity contribution < 1.29 is 4.74 Å². The minimum absolute atomic E-state index is 0.425. The van der Waals surface area contributed by atoms with Crippen LogP contribution in [0.15, 0.2) is 40.9 Å². The molecule has 0 spiro atoms. The van der Waals surface area contributed by atoms with Crippen LogP contribution in [0.5, 0.6) is 5.75 Å². The molecule has 5 heteroatoms. The Hall–Kier alpha value is -0.740. The van der Waals surface area contributed by atoms with Gasteiger partial charge in [-0.25, -0.2) is 0 Å². The van der Waals surface area contributed by atoms with Crippen LogP contribution in [0.25, 0.3) is 0 Å². The molecule has 24 heavy (non-hydrogen) atoms. The molecule has 1 saturated carbocycles. The van der Waals surface area contributed by atoms with E-state index in [2.05, 4.69) is 27.3 Å². The maximum absolute atomic E-state index is 6.22. The summed E-state index contributed by atoms with van der Waals surface area (Å²) in [6, 6.07) is 12.2. The van der Waals surface area contributed by atoms with Crippen LogP contribution in [0.1, 0.15) is 36.8 Å². The fourth-order valence-electron chi connectivity index (χ4n) is 3.01. The molecule has 0 aromatic heterocycles. The smallest absolute Gasteiger partial charge is 0.124 e. The summed E-state index contributed by atoms with van der Waals surface area (Å²) >= 11 is 15.7. The van der Waals surface area contributed by atoms with Crippen molar-refractivity contribution in [3.63, 3.8) is 0 Å². The number of ether oxygens (including phenoxy) is 1. The van der Waals surface area contributed by atoms with E-state index in [1.54, 1.807) is 6.07 Å². The Labute approximate surface area is 161 Å². The fraction of sp³-hybridized carbons (Fsp3) is 0.368. The van der Waals surface area contributed by atoms with Gasteiger partial charge in [-0.05, 0) is 43.2 Å². The normalized spacial score (nSPS) is 15.0. The monoisotopic (exact) mass is 427 g/mol. The van der Waals surface area contributed by atoms with Gasteiger partial charge in [-0.3, -0.25) is 0 Å². The van der Waals surface area contributed by atoms with Crippen LogP contribution >= 0.6 is 39.1 Å². The van der Waals surface area contributed by atoms with E-state index in [1.807, 2.05) is 24.3 Å². The van der Waals surface area contributed by atoms with Gasteiger partial charge in [-0.15, -0.1) is 0 Å². The van der Waals surface area contributed by atoms with Crippen molar-refractivity contribution >= 4 is 39.1 Å². The molecule has 0 aliphatic heterocycles. The lowest BCUT2D eigenvalue weighted by molar-refractivity contribution is 0.301. The summed E-state index contributed by atoms with van der Waals surface area (Å²) < 4.78 is 7.08. The van der Waals surface area contributed by atoms with Crippen molar-refractivity contribution in [3.8, 4) is 5.75 Å². The van der Waals surface area contributed by atoms with Gasteiger partial charge in [0.25, 0.3) is 0 Å². The second kappa shape index (κ2) is 8.57. The summed E-state index contributed by atoms with van der Waals surface area (Å²) in [5, 5.41) is 4.90. The predicted molar refractivity (Wildman–Crippen MR) is 104 cm³/mol. The molecule has 0 radical (unpaired) electrons. The van der Waals surface area contributed by atoms with E-state index in [0.717, 1.165) is 27.9 Å². The average molecular weight is 429 g/mol. The zero-order chi connectivity index (χ0) is 16.9. The van der Waals surface area contributed by atoms with Crippen molar-refractivity contribution in [2.45, 2.75) is 44.9 Å². The highest BCUT2D eigenvalue weighted by atomic mass is 79.9. The van der Waals surface area contributed by atoms with Crippen LogP contribution < -0.4 is 10.1 Å². The van der Waals surface area contributed by atoms with Gasteiger partial charge in [0.2, 0.25) is 0 Å². The topological polar surface area (TPSA) is 21.3 Å². The predicted octanol–water partition coefficient (Wildman–Crippen LogP) is 6.37. The summed E-state index contributed by atoms with van der Waals surface area (Å²) in [7, 11) is 0. The maximum Gasteiger partial charge on any atom is 0.124 e. The lowest BCUT2D eigenvalue weighted by Gasteiger charge is -2.16. The molecule has 0 atom stereocenters. The van der Waals surface area contributed by atoms with Crippen molar-refractivity contribution in [1.29, 1.82) is 0 Å². The van der Waals surface area contributed by atoms with Gasteiger partial charge in [0.1, 0.15) is 12.4 Å². The van der Waals surface area contributed by atoms with Crippen LogP contribution in [-0.2, 0) is 13.2 Å². The molecule has 0 amide bonds. The highest BCUT2D eigenvalue weighted by Gasteiger charge is 2.15. The van der Waals surface area contributed by atoms with E-state index in [-0.39, 0.29) is 0 Å². The maximum atomic E-state index is 6.22. The van der Waals surface area contributed by atoms with Gasteiger partial charge >= 0.3 is 0 Å². The van der Waals surface area contributed by atoms with Crippen molar-refractivity contribution in [2.75, 3.05) is 0 Å². The Balaban J connectivity index is 1.67. The molecule has 2 aromatic rings. The Kier molecular flexibility index (Phi) is 6.45. The Morgan fingerprint density at radius 2 is 1.83 bits per heavy atom. The van der Waals surface area contributed by atoms with Gasteiger partial charge in [0, 0.05) is 38.2 Å². The summed E-state index contributed by atoms with van der Waals surface area (Å²) in [5.41, 5.74) is 2.08. The van der Waals surface area contributed by atoms with Crippen LogP contribution in [0.4, 0.5) is 0 Å². The number of rotatable bonds is 6. The molecule has 0 heterocycles. The Morgan fingerprint density at radius 1 is 1.04 bits per heavy atom. The van der Waals surface area contributed by atoms with Gasteiger partial charge < -0.3 is 10.1 Å². The fourth-order valence-corrected chi connectivity index (χ4v) is 3.88. The summed E-state index contributed by atoms with van der Waals surface area (Å²) in [6.45, 7) is 1.24. The second-order valence-electron chi connectivity index (χ2n) is 6.14. The van der Waals surface area contributed by atoms with Crippen molar-refractivity contribution in [1.82, 2.24) is 5.32 Å². The molecule has 0 bridgehead atoms. The third-order valence-corrected chi connectivity index (χ3v) is 5.44. The van der Waals surface area contributed by atoms with Gasteiger partial charge in [0.05, 0.1) is 0 Å². The Morgan fingerprint density at radius 3 is 2.58 bits per heavy atom. The highest BCUT2D eigenvalue weighted by molar-refractivity contribution is 9.10. The quantitative estimate of drug-likeness (QED) is 0.577. The standard InChI is InChI=1S/C19H20BrCl2NO/c20-15-6-8-19(14(9-15)11-23-17-3-1-2-4-17)24-12-13-5-7-16(21)10-18(13)22/h5-10,17,23H,1-4,11-12H2. The van der Waals surface area contributed by atoms with Crippen LogP contribution in [0.3, 0.4) is 0 Å².